The van der Waals surface area contributed by atoms with Crippen LogP contribution in [0.1, 0.15) is 39.3 Å². The second-order valence-electron chi connectivity index (χ2n) is 8.77. The third-order valence-electron chi connectivity index (χ3n) is 5.97. The number of aromatic nitrogens is 3. The number of hydrogen-bond acceptors (Lipinski definition) is 7. The van der Waals surface area contributed by atoms with E-state index in [-0.39, 0.29) is 16.8 Å². The van der Waals surface area contributed by atoms with Gasteiger partial charge in [-0.15, -0.1) is 0 Å². The minimum absolute atomic E-state index is 0.0142. The first-order chi connectivity index (χ1) is 17.6. The van der Waals surface area contributed by atoms with Crippen molar-refractivity contribution in [2.24, 2.45) is 5.73 Å². The van der Waals surface area contributed by atoms with Crippen molar-refractivity contribution >= 4 is 27.7 Å². The van der Waals surface area contributed by atoms with E-state index in [9.17, 15) is 27.5 Å². The SMILES string of the molecule is NC(=O)c1cn(CCc2ccc3c(n2)NCCC3)nc1C[C@H](NS(=O)(=O)Cc1ccccc1F)C(=O)O. The summed E-state index contributed by atoms with van der Waals surface area (Å²) >= 11 is 0. The van der Waals surface area contributed by atoms with Crippen molar-refractivity contribution in [3.05, 3.63) is 76.5 Å². The van der Waals surface area contributed by atoms with Gasteiger partial charge in [0.1, 0.15) is 17.7 Å². The zero-order chi connectivity index (χ0) is 26.6. The molecule has 11 nitrogen and oxygen atoms in total. The number of halogens is 1. The normalized spacial score (nSPS) is 14.0. The quantitative estimate of drug-likeness (QED) is 0.287. The summed E-state index contributed by atoms with van der Waals surface area (Å²) in [6, 6.07) is 7.61. The number of aryl methyl sites for hydroxylation is 3. The number of rotatable bonds is 11. The first kappa shape index (κ1) is 26.2. The molecule has 0 spiro atoms. The lowest BCUT2D eigenvalue weighted by molar-refractivity contribution is -0.138. The average Bonchev–Trinajstić information content (AvgIpc) is 3.26. The molecule has 1 aliphatic heterocycles. The van der Waals surface area contributed by atoms with Crippen molar-refractivity contribution in [3.63, 3.8) is 0 Å². The van der Waals surface area contributed by atoms with Gasteiger partial charge in [-0.1, -0.05) is 24.3 Å². The molecule has 0 fully saturated rings. The highest BCUT2D eigenvalue weighted by molar-refractivity contribution is 7.88. The number of benzene rings is 1. The van der Waals surface area contributed by atoms with Gasteiger partial charge in [-0.2, -0.15) is 5.10 Å². The Bertz CT molecular complexity index is 1420. The van der Waals surface area contributed by atoms with Gasteiger partial charge in [0.15, 0.2) is 0 Å². The van der Waals surface area contributed by atoms with Crippen molar-refractivity contribution in [3.8, 4) is 0 Å². The Morgan fingerprint density at radius 2 is 2.03 bits per heavy atom. The number of nitrogens with one attached hydrogen (secondary N) is 2. The molecule has 13 heteroatoms. The number of pyridine rings is 1. The molecule has 0 unspecified atom stereocenters. The number of carboxylic acids is 1. The number of amides is 1. The number of nitrogens with two attached hydrogens (primary N) is 1. The van der Waals surface area contributed by atoms with Crippen LogP contribution >= 0.6 is 0 Å². The van der Waals surface area contributed by atoms with Gasteiger partial charge in [0, 0.05) is 43.4 Å². The average molecular weight is 531 g/mol. The largest absolute Gasteiger partial charge is 0.480 e. The molecule has 1 aromatic carbocycles. The van der Waals surface area contributed by atoms with Crippen LogP contribution in [0.2, 0.25) is 0 Å². The third-order valence-corrected chi connectivity index (χ3v) is 7.31. The van der Waals surface area contributed by atoms with Crippen LogP contribution < -0.4 is 15.8 Å². The second-order valence-corrected chi connectivity index (χ2v) is 10.5. The maximum atomic E-state index is 13.9. The van der Waals surface area contributed by atoms with Crippen LogP contribution in [0.15, 0.2) is 42.6 Å². The van der Waals surface area contributed by atoms with Gasteiger partial charge in [0.05, 0.1) is 17.0 Å². The number of carbonyl (C=O) groups excluding carboxylic acids is 1. The Morgan fingerprint density at radius 3 is 2.76 bits per heavy atom. The number of hydrogen-bond donors (Lipinski definition) is 4. The molecule has 3 heterocycles. The van der Waals surface area contributed by atoms with Crippen LogP contribution in [0.25, 0.3) is 0 Å². The lowest BCUT2D eigenvalue weighted by atomic mass is 10.1. The van der Waals surface area contributed by atoms with Crippen molar-refractivity contribution in [2.45, 2.75) is 44.0 Å². The van der Waals surface area contributed by atoms with Crippen LogP contribution in [-0.2, 0) is 46.4 Å². The topological polar surface area (TPSA) is 169 Å². The summed E-state index contributed by atoms with van der Waals surface area (Å²) in [5.41, 5.74) is 7.36. The van der Waals surface area contributed by atoms with Gasteiger partial charge in [0.2, 0.25) is 10.0 Å². The predicted molar refractivity (Wildman–Crippen MR) is 133 cm³/mol. The van der Waals surface area contributed by atoms with Crippen LogP contribution in [0.3, 0.4) is 0 Å². The Kier molecular flexibility index (Phi) is 7.83. The van der Waals surface area contributed by atoms with Gasteiger partial charge >= 0.3 is 5.97 Å². The molecule has 0 bridgehead atoms. The molecule has 3 aromatic rings. The zero-order valence-corrected chi connectivity index (χ0v) is 20.7. The molecule has 4 rings (SSSR count). The van der Waals surface area contributed by atoms with Crippen molar-refractivity contribution in [1.82, 2.24) is 19.5 Å². The molecule has 2 aromatic heterocycles. The van der Waals surface area contributed by atoms with E-state index in [0.29, 0.717) is 13.0 Å². The number of nitrogens with zero attached hydrogens (tertiary/aromatic N) is 3. The van der Waals surface area contributed by atoms with E-state index >= 15 is 0 Å². The lowest BCUT2D eigenvalue weighted by Gasteiger charge is -2.17. The molecule has 0 radical (unpaired) electrons. The molecule has 5 N–H and O–H groups in total. The second kappa shape index (κ2) is 11.0. The Morgan fingerprint density at radius 1 is 1.24 bits per heavy atom. The molecule has 1 amide bonds. The molecular weight excluding hydrogens is 503 g/mol. The van der Waals surface area contributed by atoms with Gasteiger partial charge in [-0.25, -0.2) is 22.5 Å². The van der Waals surface area contributed by atoms with E-state index in [1.54, 1.807) is 0 Å². The summed E-state index contributed by atoms with van der Waals surface area (Å²) in [4.78, 5) is 28.5. The number of carboxylic acid groups (broad SMARTS) is 1. The number of fused-ring (bicyclic) bond motifs is 1. The van der Waals surface area contributed by atoms with Crippen molar-refractivity contribution in [2.75, 3.05) is 11.9 Å². The van der Waals surface area contributed by atoms with E-state index < -0.39 is 45.9 Å². The summed E-state index contributed by atoms with van der Waals surface area (Å²) in [5, 5.41) is 17.2. The summed E-state index contributed by atoms with van der Waals surface area (Å²) in [6.45, 7) is 1.20. The van der Waals surface area contributed by atoms with Gasteiger partial charge in [-0.3, -0.25) is 14.3 Å². The first-order valence-corrected chi connectivity index (χ1v) is 13.3. The fourth-order valence-electron chi connectivity index (χ4n) is 4.12. The van der Waals surface area contributed by atoms with Crippen molar-refractivity contribution < 1.29 is 27.5 Å². The summed E-state index contributed by atoms with van der Waals surface area (Å²) in [7, 11) is -4.24. The molecule has 1 atom stereocenters. The summed E-state index contributed by atoms with van der Waals surface area (Å²) in [5.74, 6) is -2.92. The number of carbonyl (C=O) groups is 2. The predicted octanol–water partition coefficient (Wildman–Crippen LogP) is 1.23. The molecule has 1 aliphatic rings. The van der Waals surface area contributed by atoms with Gasteiger partial charge in [0.25, 0.3) is 5.91 Å². The van der Waals surface area contributed by atoms with E-state index in [1.165, 1.54) is 29.1 Å². The maximum Gasteiger partial charge on any atom is 0.322 e. The Balaban J connectivity index is 1.47. The molecule has 37 heavy (non-hydrogen) atoms. The molecule has 196 valence electrons. The first-order valence-electron chi connectivity index (χ1n) is 11.7. The van der Waals surface area contributed by atoms with Crippen LogP contribution in [-0.4, -0.2) is 52.8 Å². The standard InChI is InChI=1S/C24H27FN6O5S/c25-19-6-2-1-4-16(19)14-37(35,36)30-21(24(33)34)12-20-18(22(26)32)13-31(29-20)11-9-17-8-7-15-5-3-10-27-23(15)28-17/h1-2,4,6-8,13,21,30H,3,5,9-12,14H2,(H2,26,32)(H,27,28)(H,33,34)/t21-/m0/s1. The molecule has 0 saturated heterocycles. The number of sulfonamides is 1. The van der Waals surface area contributed by atoms with Crippen LogP contribution in [0.5, 0.6) is 0 Å². The van der Waals surface area contributed by atoms with Crippen LogP contribution in [0.4, 0.5) is 10.2 Å². The molecule has 0 saturated carbocycles. The van der Waals surface area contributed by atoms with E-state index in [1.807, 2.05) is 12.1 Å². The lowest BCUT2D eigenvalue weighted by Crippen LogP contribution is -2.43. The van der Waals surface area contributed by atoms with E-state index in [0.717, 1.165) is 42.5 Å². The highest BCUT2D eigenvalue weighted by Crippen LogP contribution is 2.20. The fraction of sp³-hybridized carbons (Fsp3) is 0.333. The third kappa shape index (κ3) is 6.68. The number of aliphatic carboxylic acids is 1. The smallest absolute Gasteiger partial charge is 0.322 e. The van der Waals surface area contributed by atoms with Crippen LogP contribution in [0, 0.1) is 5.82 Å². The molecule has 0 aliphatic carbocycles. The van der Waals surface area contributed by atoms with Crippen molar-refractivity contribution in [1.29, 1.82) is 0 Å². The van der Waals surface area contributed by atoms with Gasteiger partial charge < -0.3 is 16.2 Å². The summed E-state index contributed by atoms with van der Waals surface area (Å²) < 4.78 is 42.6. The minimum Gasteiger partial charge on any atom is -0.480 e. The molecular formula is C24H27FN6O5S. The van der Waals surface area contributed by atoms with Gasteiger partial charge in [-0.05, 0) is 30.5 Å². The fourth-order valence-corrected chi connectivity index (χ4v) is 5.47. The Labute approximate surface area is 212 Å². The Hall–Kier alpha value is -3.84. The van der Waals surface area contributed by atoms with E-state index in [4.69, 9.17) is 5.73 Å². The highest BCUT2D eigenvalue weighted by atomic mass is 32.2. The monoisotopic (exact) mass is 530 g/mol. The van der Waals surface area contributed by atoms with E-state index in [2.05, 4.69) is 20.1 Å². The summed E-state index contributed by atoms with van der Waals surface area (Å²) in [6.07, 6.45) is 3.48. The highest BCUT2D eigenvalue weighted by Gasteiger charge is 2.28. The minimum atomic E-state index is -4.24. The zero-order valence-electron chi connectivity index (χ0n) is 19.9. The maximum absolute atomic E-state index is 13.9. The number of primary amides is 1. The number of anilines is 1.